The van der Waals surface area contributed by atoms with Crippen LogP contribution in [0.5, 0.6) is 0 Å². The van der Waals surface area contributed by atoms with Crippen LogP contribution in [0.4, 0.5) is 5.69 Å². The Kier molecular flexibility index (Phi) is 3.45. The smallest absolute Gasteiger partial charge is 0.162 e. The summed E-state index contributed by atoms with van der Waals surface area (Å²) in [7, 11) is 4.01. The molecule has 4 heteroatoms. The third-order valence-electron chi connectivity index (χ3n) is 3.90. The van der Waals surface area contributed by atoms with E-state index < -0.39 is 0 Å². The normalized spacial score (nSPS) is 10.9. The molecule has 2 heterocycles. The minimum absolute atomic E-state index is 0.0804. The zero-order chi connectivity index (χ0) is 15.9. The van der Waals surface area contributed by atoms with Gasteiger partial charge in [-0.25, -0.2) is 0 Å². The van der Waals surface area contributed by atoms with Crippen LogP contribution in [0.2, 0.25) is 0 Å². The van der Waals surface area contributed by atoms with E-state index in [2.05, 4.69) is 27.0 Å². The van der Waals surface area contributed by atoms with E-state index in [9.17, 15) is 4.79 Å². The van der Waals surface area contributed by atoms with Crippen molar-refractivity contribution in [3.05, 3.63) is 47.9 Å². The third kappa shape index (κ3) is 2.26. The summed E-state index contributed by atoms with van der Waals surface area (Å²) in [6, 6.07) is 8.14. The van der Waals surface area contributed by atoms with Crippen LogP contribution in [0.3, 0.4) is 0 Å². The number of nitrogens with zero attached hydrogens (tertiary/aromatic N) is 2. The van der Waals surface area contributed by atoms with Crippen molar-refractivity contribution in [1.29, 1.82) is 0 Å². The quantitative estimate of drug-likeness (QED) is 0.747. The Morgan fingerprint density at radius 2 is 2.00 bits per heavy atom. The summed E-state index contributed by atoms with van der Waals surface area (Å²) >= 11 is 0. The number of nitrogens with one attached hydrogen (secondary N) is 1. The number of benzene rings is 1. The van der Waals surface area contributed by atoms with Crippen LogP contribution >= 0.6 is 0 Å². The number of aromatic nitrogens is 2. The molecule has 0 atom stereocenters. The monoisotopic (exact) mass is 293 g/mol. The van der Waals surface area contributed by atoms with E-state index in [0.29, 0.717) is 0 Å². The first-order valence-electron chi connectivity index (χ1n) is 7.24. The molecule has 22 heavy (non-hydrogen) atoms. The van der Waals surface area contributed by atoms with Crippen LogP contribution in [0, 0.1) is 6.92 Å². The lowest BCUT2D eigenvalue weighted by Gasteiger charge is -2.16. The van der Waals surface area contributed by atoms with Crippen LogP contribution in [-0.4, -0.2) is 29.8 Å². The number of H-pyrrole nitrogens is 1. The molecule has 0 amide bonds. The molecule has 3 aromatic rings. The SMILES string of the molecule is CC(=O)c1c(C)[nH]c2c(N(C)C)cc(-c3cccnc3)cc12. The zero-order valence-electron chi connectivity index (χ0n) is 13.3. The lowest BCUT2D eigenvalue weighted by molar-refractivity contribution is 0.101. The van der Waals surface area contributed by atoms with Gasteiger partial charge in [-0.15, -0.1) is 0 Å². The highest BCUT2D eigenvalue weighted by atomic mass is 16.1. The highest BCUT2D eigenvalue weighted by molar-refractivity contribution is 6.12. The van der Waals surface area contributed by atoms with Crippen molar-refractivity contribution in [2.75, 3.05) is 19.0 Å². The molecule has 0 aliphatic heterocycles. The van der Waals surface area contributed by atoms with Crippen LogP contribution in [-0.2, 0) is 0 Å². The van der Waals surface area contributed by atoms with Crippen molar-refractivity contribution >= 4 is 22.4 Å². The van der Waals surface area contributed by atoms with Gasteiger partial charge in [0.25, 0.3) is 0 Å². The molecule has 0 aliphatic carbocycles. The van der Waals surface area contributed by atoms with E-state index in [1.54, 1.807) is 13.1 Å². The fourth-order valence-corrected chi connectivity index (χ4v) is 2.91. The highest BCUT2D eigenvalue weighted by Gasteiger charge is 2.17. The summed E-state index contributed by atoms with van der Waals surface area (Å²) in [5, 5.41) is 0.968. The molecule has 3 rings (SSSR count). The molecule has 0 saturated carbocycles. The number of hydrogen-bond acceptors (Lipinski definition) is 3. The van der Waals surface area contributed by atoms with Gasteiger partial charge in [0.05, 0.1) is 11.2 Å². The van der Waals surface area contributed by atoms with Crippen molar-refractivity contribution in [3.63, 3.8) is 0 Å². The second kappa shape index (κ2) is 5.30. The number of rotatable bonds is 3. The van der Waals surface area contributed by atoms with Gasteiger partial charge in [0.1, 0.15) is 0 Å². The molecule has 1 N–H and O–H groups in total. The van der Waals surface area contributed by atoms with Gasteiger partial charge < -0.3 is 9.88 Å². The second-order valence-corrected chi connectivity index (χ2v) is 5.74. The molecule has 0 spiro atoms. The second-order valence-electron chi connectivity index (χ2n) is 5.74. The van der Waals surface area contributed by atoms with Gasteiger partial charge in [-0.3, -0.25) is 9.78 Å². The fourth-order valence-electron chi connectivity index (χ4n) is 2.91. The molecule has 0 bridgehead atoms. The number of carbonyl (C=O) groups excluding carboxylic acids is 1. The van der Waals surface area contributed by atoms with E-state index in [4.69, 9.17) is 0 Å². The van der Waals surface area contributed by atoms with Crippen LogP contribution < -0.4 is 4.90 Å². The number of ketones is 1. The van der Waals surface area contributed by atoms with Gasteiger partial charge >= 0.3 is 0 Å². The van der Waals surface area contributed by atoms with Crippen molar-refractivity contribution in [2.24, 2.45) is 0 Å². The molecule has 2 aromatic heterocycles. The Hall–Kier alpha value is -2.62. The standard InChI is InChI=1S/C18H19N3O/c1-11-17(12(2)22)15-8-14(13-6-5-7-19-10-13)9-16(21(3)4)18(15)20-11/h5-10,20H,1-4H3. The molecular weight excluding hydrogens is 274 g/mol. The van der Waals surface area contributed by atoms with E-state index in [0.717, 1.165) is 39.0 Å². The van der Waals surface area contributed by atoms with Crippen molar-refractivity contribution in [2.45, 2.75) is 13.8 Å². The van der Waals surface area contributed by atoms with E-state index in [1.807, 2.05) is 39.3 Å². The number of aryl methyl sites for hydroxylation is 1. The Balaban J connectivity index is 2.37. The molecule has 112 valence electrons. The maximum absolute atomic E-state index is 12.0. The topological polar surface area (TPSA) is 49.0 Å². The summed E-state index contributed by atoms with van der Waals surface area (Å²) in [5.74, 6) is 0.0804. The Morgan fingerprint density at radius 3 is 2.59 bits per heavy atom. The summed E-state index contributed by atoms with van der Waals surface area (Å²) < 4.78 is 0. The van der Waals surface area contributed by atoms with E-state index >= 15 is 0 Å². The molecule has 0 radical (unpaired) electrons. The van der Waals surface area contributed by atoms with Crippen LogP contribution in [0.1, 0.15) is 23.0 Å². The van der Waals surface area contributed by atoms with Crippen molar-refractivity contribution in [1.82, 2.24) is 9.97 Å². The first-order valence-corrected chi connectivity index (χ1v) is 7.24. The maximum Gasteiger partial charge on any atom is 0.162 e. The largest absolute Gasteiger partial charge is 0.376 e. The van der Waals surface area contributed by atoms with Gasteiger partial charge in [0.2, 0.25) is 0 Å². The number of Topliss-reactive ketones (excluding diaryl/α,β-unsaturated/α-hetero) is 1. The summed E-state index contributed by atoms with van der Waals surface area (Å²) in [5.41, 5.74) is 5.84. The third-order valence-corrected chi connectivity index (χ3v) is 3.90. The minimum atomic E-state index is 0.0804. The Bertz CT molecular complexity index is 848. The Labute approximate surface area is 129 Å². The average Bonchev–Trinajstić information content (AvgIpc) is 2.82. The molecule has 1 aromatic carbocycles. The lowest BCUT2D eigenvalue weighted by Crippen LogP contribution is -2.09. The average molecular weight is 293 g/mol. The van der Waals surface area contributed by atoms with E-state index in [-0.39, 0.29) is 5.78 Å². The van der Waals surface area contributed by atoms with Gasteiger partial charge in [-0.05, 0) is 37.6 Å². The minimum Gasteiger partial charge on any atom is -0.376 e. The first kappa shape index (κ1) is 14.3. The van der Waals surface area contributed by atoms with Crippen molar-refractivity contribution in [3.8, 4) is 11.1 Å². The maximum atomic E-state index is 12.0. The number of aromatic amines is 1. The molecular formula is C18H19N3O. The predicted molar refractivity (Wildman–Crippen MR) is 90.6 cm³/mol. The molecule has 0 aliphatic rings. The highest BCUT2D eigenvalue weighted by Crippen LogP contribution is 2.35. The van der Waals surface area contributed by atoms with Crippen LogP contribution in [0.25, 0.3) is 22.0 Å². The lowest BCUT2D eigenvalue weighted by atomic mass is 10.0. The first-order chi connectivity index (χ1) is 10.5. The number of anilines is 1. The number of pyridine rings is 1. The zero-order valence-corrected chi connectivity index (χ0v) is 13.3. The number of hydrogen-bond donors (Lipinski definition) is 1. The van der Waals surface area contributed by atoms with E-state index in [1.165, 1.54) is 0 Å². The van der Waals surface area contributed by atoms with Gasteiger partial charge in [0, 0.05) is 48.7 Å². The molecule has 0 unspecified atom stereocenters. The summed E-state index contributed by atoms with van der Waals surface area (Å²) in [4.78, 5) is 21.6. The summed E-state index contributed by atoms with van der Waals surface area (Å²) in [6.45, 7) is 3.56. The van der Waals surface area contributed by atoms with Gasteiger partial charge in [-0.1, -0.05) is 6.07 Å². The molecule has 0 saturated heterocycles. The molecule has 0 fully saturated rings. The number of carbonyl (C=O) groups is 1. The predicted octanol–water partition coefficient (Wildman–Crippen LogP) is 3.81. The molecule has 4 nitrogen and oxygen atoms in total. The number of fused-ring (bicyclic) bond motifs is 1. The Morgan fingerprint density at radius 1 is 1.23 bits per heavy atom. The van der Waals surface area contributed by atoms with Crippen LogP contribution in [0.15, 0.2) is 36.7 Å². The van der Waals surface area contributed by atoms with Gasteiger partial charge in [-0.2, -0.15) is 0 Å². The fraction of sp³-hybridized carbons (Fsp3) is 0.222. The summed E-state index contributed by atoms with van der Waals surface area (Å²) in [6.07, 6.45) is 3.60. The van der Waals surface area contributed by atoms with Crippen molar-refractivity contribution < 1.29 is 4.79 Å². The van der Waals surface area contributed by atoms with Gasteiger partial charge in [0.15, 0.2) is 5.78 Å².